The molecule has 1 amide bonds. The van der Waals surface area contributed by atoms with Gasteiger partial charge >= 0.3 is 0 Å². The Labute approximate surface area is 147 Å². The summed E-state index contributed by atoms with van der Waals surface area (Å²) >= 11 is 0. The maximum absolute atomic E-state index is 12.4. The Balaban J connectivity index is 1.57. The van der Waals surface area contributed by atoms with Gasteiger partial charge in [0.1, 0.15) is 5.69 Å². The number of aromatic nitrogens is 2. The molecule has 6 nitrogen and oxygen atoms in total. The number of nitrogens with zero attached hydrogens (tertiary/aromatic N) is 3. The van der Waals surface area contributed by atoms with E-state index in [1.807, 2.05) is 25.1 Å². The summed E-state index contributed by atoms with van der Waals surface area (Å²) in [4.78, 5) is 26.5. The third kappa shape index (κ3) is 4.54. The highest BCUT2D eigenvalue weighted by Crippen LogP contribution is 2.13. The van der Waals surface area contributed by atoms with E-state index >= 15 is 0 Å². The Morgan fingerprint density at radius 1 is 1.24 bits per heavy atom. The quantitative estimate of drug-likeness (QED) is 0.868. The lowest BCUT2D eigenvalue weighted by molar-refractivity contribution is 0.0930. The fourth-order valence-electron chi connectivity index (χ4n) is 3.14. The third-order valence-electron chi connectivity index (χ3n) is 4.39. The molecular formula is C19H24N4O2. The van der Waals surface area contributed by atoms with Crippen molar-refractivity contribution in [3.63, 3.8) is 0 Å². The molecule has 0 spiro atoms. The Morgan fingerprint density at radius 3 is 2.80 bits per heavy atom. The van der Waals surface area contributed by atoms with Gasteiger partial charge in [-0.1, -0.05) is 37.3 Å². The zero-order chi connectivity index (χ0) is 17.6. The van der Waals surface area contributed by atoms with E-state index in [-0.39, 0.29) is 17.5 Å². The van der Waals surface area contributed by atoms with Crippen molar-refractivity contribution in [1.82, 2.24) is 20.0 Å². The molecule has 0 bridgehead atoms. The Kier molecular flexibility index (Phi) is 5.60. The van der Waals surface area contributed by atoms with Crippen LogP contribution in [0.25, 0.3) is 0 Å². The van der Waals surface area contributed by atoms with Crippen LogP contribution in [-0.2, 0) is 13.1 Å². The summed E-state index contributed by atoms with van der Waals surface area (Å²) in [6.07, 6.45) is 1.72. The van der Waals surface area contributed by atoms with Gasteiger partial charge in [-0.2, -0.15) is 5.10 Å². The van der Waals surface area contributed by atoms with E-state index in [1.165, 1.54) is 22.4 Å². The fraction of sp³-hybridized carbons (Fsp3) is 0.421. The molecule has 1 atom stereocenters. The number of amides is 1. The molecule has 1 aliphatic rings. The molecule has 132 valence electrons. The highest BCUT2D eigenvalue weighted by Gasteiger charge is 2.24. The molecule has 1 fully saturated rings. The predicted molar refractivity (Wildman–Crippen MR) is 96.4 cm³/mol. The predicted octanol–water partition coefficient (Wildman–Crippen LogP) is 1.66. The molecule has 0 radical (unpaired) electrons. The van der Waals surface area contributed by atoms with Crippen molar-refractivity contribution in [2.75, 3.05) is 13.1 Å². The molecule has 0 saturated carbocycles. The first-order valence-electron chi connectivity index (χ1n) is 8.81. The zero-order valence-corrected chi connectivity index (χ0v) is 14.5. The summed E-state index contributed by atoms with van der Waals surface area (Å²) in [5.41, 5.74) is 1.41. The van der Waals surface area contributed by atoms with Crippen LogP contribution in [0.5, 0.6) is 0 Å². The first-order chi connectivity index (χ1) is 12.2. The number of hydrogen-bond donors (Lipinski definition) is 1. The molecule has 2 aromatic rings. The number of nitrogens with one attached hydrogen (secondary N) is 1. The lowest BCUT2D eigenvalue weighted by Gasteiger charge is -2.16. The van der Waals surface area contributed by atoms with Crippen LogP contribution in [0.4, 0.5) is 0 Å². The zero-order valence-electron chi connectivity index (χ0n) is 14.5. The largest absolute Gasteiger partial charge is 0.347 e. The van der Waals surface area contributed by atoms with Crippen LogP contribution in [0.1, 0.15) is 35.8 Å². The van der Waals surface area contributed by atoms with Crippen LogP contribution >= 0.6 is 0 Å². The molecule has 3 rings (SSSR count). The second-order valence-electron chi connectivity index (χ2n) is 6.46. The van der Waals surface area contributed by atoms with Gasteiger partial charge in [0.05, 0.1) is 0 Å². The van der Waals surface area contributed by atoms with E-state index in [4.69, 9.17) is 0 Å². The van der Waals surface area contributed by atoms with E-state index in [1.54, 1.807) is 0 Å². The van der Waals surface area contributed by atoms with E-state index in [0.717, 1.165) is 32.5 Å². The van der Waals surface area contributed by atoms with Gasteiger partial charge in [-0.3, -0.25) is 14.5 Å². The standard InChI is InChI=1S/C19H24N4O2/c1-2-11-23-18(24)9-8-17(21-23)19(25)20-16-10-12-22(14-16)13-15-6-4-3-5-7-15/h3-9,16H,2,10-14H2,1H3,(H,20,25). The minimum atomic E-state index is -0.212. The van der Waals surface area contributed by atoms with E-state index in [9.17, 15) is 9.59 Å². The van der Waals surface area contributed by atoms with Crippen molar-refractivity contribution in [3.05, 3.63) is 64.1 Å². The van der Waals surface area contributed by atoms with Gasteiger partial charge in [0.25, 0.3) is 11.5 Å². The molecule has 0 aliphatic carbocycles. The van der Waals surface area contributed by atoms with Crippen molar-refractivity contribution < 1.29 is 4.79 Å². The first kappa shape index (κ1) is 17.4. The fourth-order valence-corrected chi connectivity index (χ4v) is 3.14. The molecule has 1 saturated heterocycles. The lowest BCUT2D eigenvalue weighted by atomic mass is 10.2. The maximum Gasteiger partial charge on any atom is 0.271 e. The number of rotatable bonds is 6. The van der Waals surface area contributed by atoms with Gasteiger partial charge in [-0.25, -0.2) is 4.68 Å². The number of likely N-dealkylation sites (tertiary alicyclic amines) is 1. The van der Waals surface area contributed by atoms with Gasteiger partial charge in [0.2, 0.25) is 0 Å². The van der Waals surface area contributed by atoms with Crippen molar-refractivity contribution in [2.45, 2.75) is 38.9 Å². The van der Waals surface area contributed by atoms with Crippen LogP contribution in [0.15, 0.2) is 47.3 Å². The number of carbonyl (C=O) groups is 1. The SMILES string of the molecule is CCCn1nc(C(=O)NC2CCN(Cc3ccccc3)C2)ccc1=O. The van der Waals surface area contributed by atoms with Crippen LogP contribution < -0.4 is 10.9 Å². The van der Waals surface area contributed by atoms with E-state index in [0.29, 0.717) is 12.2 Å². The molecular weight excluding hydrogens is 316 g/mol. The molecule has 6 heteroatoms. The smallest absolute Gasteiger partial charge is 0.271 e. The molecule has 2 heterocycles. The average molecular weight is 340 g/mol. The Hall–Kier alpha value is -2.47. The summed E-state index contributed by atoms with van der Waals surface area (Å²) in [5, 5.41) is 7.21. The average Bonchev–Trinajstić information content (AvgIpc) is 3.04. The van der Waals surface area contributed by atoms with Gasteiger partial charge in [0.15, 0.2) is 0 Å². The minimum Gasteiger partial charge on any atom is -0.347 e. The van der Waals surface area contributed by atoms with Crippen molar-refractivity contribution in [3.8, 4) is 0 Å². The molecule has 25 heavy (non-hydrogen) atoms. The van der Waals surface area contributed by atoms with Crippen LogP contribution in [0, 0.1) is 0 Å². The van der Waals surface area contributed by atoms with Gasteiger partial charge < -0.3 is 5.32 Å². The van der Waals surface area contributed by atoms with E-state index < -0.39 is 0 Å². The second-order valence-corrected chi connectivity index (χ2v) is 6.46. The number of benzene rings is 1. The molecule has 1 aromatic carbocycles. The normalized spacial score (nSPS) is 17.6. The highest BCUT2D eigenvalue weighted by molar-refractivity contribution is 5.92. The minimum absolute atomic E-state index is 0.115. The molecule has 1 N–H and O–H groups in total. The summed E-state index contributed by atoms with van der Waals surface area (Å²) in [6, 6.07) is 13.4. The third-order valence-corrected chi connectivity index (χ3v) is 4.39. The van der Waals surface area contributed by atoms with Crippen molar-refractivity contribution >= 4 is 5.91 Å². The second kappa shape index (κ2) is 8.07. The van der Waals surface area contributed by atoms with Crippen LogP contribution in [-0.4, -0.2) is 39.7 Å². The van der Waals surface area contributed by atoms with Crippen LogP contribution in [0.3, 0.4) is 0 Å². The summed E-state index contributed by atoms with van der Waals surface area (Å²) in [6.45, 7) is 5.18. The van der Waals surface area contributed by atoms with Gasteiger partial charge in [-0.05, 0) is 24.5 Å². The summed E-state index contributed by atoms with van der Waals surface area (Å²) in [5.74, 6) is -0.212. The highest BCUT2D eigenvalue weighted by atomic mass is 16.2. The maximum atomic E-state index is 12.4. The van der Waals surface area contributed by atoms with Crippen molar-refractivity contribution in [2.24, 2.45) is 0 Å². The number of carbonyl (C=O) groups excluding carboxylic acids is 1. The molecule has 1 unspecified atom stereocenters. The molecule has 1 aliphatic heterocycles. The summed E-state index contributed by atoms with van der Waals surface area (Å²) in [7, 11) is 0. The Morgan fingerprint density at radius 2 is 2.04 bits per heavy atom. The van der Waals surface area contributed by atoms with Gasteiger partial charge in [0, 0.05) is 38.3 Å². The van der Waals surface area contributed by atoms with Crippen LogP contribution in [0.2, 0.25) is 0 Å². The lowest BCUT2D eigenvalue weighted by Crippen LogP contribution is -2.38. The van der Waals surface area contributed by atoms with Gasteiger partial charge in [-0.15, -0.1) is 0 Å². The first-order valence-corrected chi connectivity index (χ1v) is 8.81. The molecule has 1 aromatic heterocycles. The number of aryl methyl sites for hydroxylation is 1. The van der Waals surface area contributed by atoms with Crippen molar-refractivity contribution in [1.29, 1.82) is 0 Å². The summed E-state index contributed by atoms with van der Waals surface area (Å²) < 4.78 is 1.35. The Bertz CT molecular complexity index is 772. The monoisotopic (exact) mass is 340 g/mol. The topological polar surface area (TPSA) is 67.2 Å². The van der Waals surface area contributed by atoms with E-state index in [2.05, 4.69) is 27.4 Å². The number of hydrogen-bond acceptors (Lipinski definition) is 4.